The Morgan fingerprint density at radius 2 is 2.00 bits per heavy atom. The molecule has 15 heavy (non-hydrogen) atoms. The van der Waals surface area contributed by atoms with Crippen molar-refractivity contribution < 1.29 is 9.53 Å². The first-order valence-corrected chi connectivity index (χ1v) is 5.38. The molecule has 1 aromatic rings. The zero-order valence-electron chi connectivity index (χ0n) is 9.41. The van der Waals surface area contributed by atoms with Gasteiger partial charge in [-0.2, -0.15) is 0 Å². The summed E-state index contributed by atoms with van der Waals surface area (Å²) in [6.45, 7) is 5.93. The number of hydrogen-bond acceptors (Lipinski definition) is 2. The number of benzene rings is 1. The van der Waals surface area contributed by atoms with Crippen LogP contribution < -0.4 is 10.1 Å². The molecule has 2 rings (SSSR count). The number of ether oxygens (including phenoxy) is 1. The van der Waals surface area contributed by atoms with E-state index in [0.717, 1.165) is 11.4 Å². The number of anilines is 1. The normalized spacial score (nSPS) is 17.8. The van der Waals surface area contributed by atoms with Crippen molar-refractivity contribution >= 4 is 11.6 Å². The fourth-order valence-corrected chi connectivity index (χ4v) is 1.36. The third-order valence-electron chi connectivity index (χ3n) is 2.08. The van der Waals surface area contributed by atoms with E-state index in [1.54, 1.807) is 0 Å². The molecular formula is C12H17NO2. The molecule has 82 valence electrons. The van der Waals surface area contributed by atoms with Crippen LogP contribution in [-0.2, 0) is 4.79 Å². The lowest BCUT2D eigenvalue weighted by Crippen LogP contribution is -2.36. The number of hydrogen-bond donors (Lipinski definition) is 1. The fraction of sp³-hybridized carbons (Fsp3) is 0.417. The zero-order valence-corrected chi connectivity index (χ0v) is 9.41. The average Bonchev–Trinajstić information content (AvgIpc) is 2.31. The van der Waals surface area contributed by atoms with Gasteiger partial charge in [0.05, 0.1) is 5.69 Å². The molecule has 0 radical (unpaired) electrons. The van der Waals surface area contributed by atoms with E-state index in [2.05, 4.69) is 5.32 Å². The van der Waals surface area contributed by atoms with Crippen LogP contribution in [0.2, 0.25) is 0 Å². The van der Waals surface area contributed by atoms with Crippen LogP contribution in [0, 0.1) is 0 Å². The third-order valence-corrected chi connectivity index (χ3v) is 2.08. The standard InChI is InChI=1S/C10H11NO2.C2H6/c1-2-8-10(12)11-7-5-3-4-6-9(7)13-8;1-2/h3-6,8H,2H2,1H3,(H,11,12);1-2H3. The Morgan fingerprint density at radius 1 is 1.33 bits per heavy atom. The lowest BCUT2D eigenvalue weighted by atomic mass is 10.2. The van der Waals surface area contributed by atoms with Gasteiger partial charge in [0.25, 0.3) is 5.91 Å². The SMILES string of the molecule is CC.CCC1Oc2ccccc2NC1=O. The number of carbonyl (C=O) groups excluding carboxylic acids is 1. The quantitative estimate of drug-likeness (QED) is 0.769. The van der Waals surface area contributed by atoms with Crippen molar-refractivity contribution in [1.29, 1.82) is 0 Å². The topological polar surface area (TPSA) is 38.3 Å². The van der Waals surface area contributed by atoms with E-state index in [-0.39, 0.29) is 12.0 Å². The molecule has 0 spiro atoms. The fourth-order valence-electron chi connectivity index (χ4n) is 1.36. The van der Waals surface area contributed by atoms with Gasteiger partial charge in [-0.3, -0.25) is 4.79 Å². The van der Waals surface area contributed by atoms with Crippen LogP contribution in [0.15, 0.2) is 24.3 Å². The predicted molar refractivity (Wildman–Crippen MR) is 61.1 cm³/mol. The van der Waals surface area contributed by atoms with E-state index in [1.165, 1.54) is 0 Å². The number of nitrogens with one attached hydrogen (secondary N) is 1. The minimum Gasteiger partial charge on any atom is -0.478 e. The Balaban J connectivity index is 0.000000531. The minimum absolute atomic E-state index is 0.0544. The van der Waals surface area contributed by atoms with Crippen molar-refractivity contribution in [2.75, 3.05) is 5.32 Å². The molecule has 0 saturated carbocycles. The molecule has 3 heteroatoms. The first kappa shape index (κ1) is 11.6. The lowest BCUT2D eigenvalue weighted by molar-refractivity contribution is -0.123. The Hall–Kier alpha value is -1.51. The van der Waals surface area contributed by atoms with Crippen molar-refractivity contribution in [3.63, 3.8) is 0 Å². The summed E-state index contributed by atoms with van der Waals surface area (Å²) in [5.41, 5.74) is 0.761. The second kappa shape index (κ2) is 5.39. The number of fused-ring (bicyclic) bond motifs is 1. The molecular weight excluding hydrogens is 190 g/mol. The first-order chi connectivity index (χ1) is 7.31. The zero-order chi connectivity index (χ0) is 11.3. The van der Waals surface area contributed by atoms with Crippen molar-refractivity contribution in [3.8, 4) is 5.75 Å². The summed E-state index contributed by atoms with van der Waals surface area (Å²) in [5, 5.41) is 2.80. The van der Waals surface area contributed by atoms with Gasteiger partial charge in [-0.15, -0.1) is 0 Å². The third kappa shape index (κ3) is 2.49. The van der Waals surface area contributed by atoms with Crippen molar-refractivity contribution in [1.82, 2.24) is 0 Å². The highest BCUT2D eigenvalue weighted by molar-refractivity contribution is 5.97. The van der Waals surface area contributed by atoms with Crippen LogP contribution in [-0.4, -0.2) is 12.0 Å². The first-order valence-electron chi connectivity index (χ1n) is 5.38. The van der Waals surface area contributed by atoms with Crippen LogP contribution in [0.5, 0.6) is 5.75 Å². The molecule has 1 amide bonds. The predicted octanol–water partition coefficient (Wildman–Crippen LogP) is 2.82. The maximum atomic E-state index is 11.4. The number of rotatable bonds is 1. The summed E-state index contributed by atoms with van der Waals surface area (Å²) >= 11 is 0. The smallest absolute Gasteiger partial charge is 0.265 e. The Morgan fingerprint density at radius 3 is 2.67 bits per heavy atom. The molecule has 1 heterocycles. The van der Waals surface area contributed by atoms with E-state index < -0.39 is 0 Å². The molecule has 0 aliphatic carbocycles. The molecule has 1 atom stereocenters. The molecule has 1 aliphatic heterocycles. The molecule has 0 saturated heterocycles. The Labute approximate surface area is 90.4 Å². The van der Waals surface area contributed by atoms with Gasteiger partial charge in [0.2, 0.25) is 0 Å². The Kier molecular flexibility index (Phi) is 4.16. The number of carbonyl (C=O) groups is 1. The molecule has 0 aromatic heterocycles. The summed E-state index contributed by atoms with van der Waals surface area (Å²) < 4.78 is 5.48. The van der Waals surface area contributed by atoms with Gasteiger partial charge in [0, 0.05) is 0 Å². The van der Waals surface area contributed by atoms with Gasteiger partial charge in [-0.05, 0) is 18.6 Å². The van der Waals surface area contributed by atoms with E-state index in [1.807, 2.05) is 45.0 Å². The monoisotopic (exact) mass is 207 g/mol. The maximum absolute atomic E-state index is 11.4. The largest absolute Gasteiger partial charge is 0.478 e. The van der Waals surface area contributed by atoms with Gasteiger partial charge in [0.1, 0.15) is 5.75 Å². The molecule has 1 aliphatic rings. The molecule has 1 aromatic carbocycles. The van der Waals surface area contributed by atoms with Crippen molar-refractivity contribution in [2.45, 2.75) is 33.3 Å². The van der Waals surface area contributed by atoms with Gasteiger partial charge in [0.15, 0.2) is 6.10 Å². The van der Waals surface area contributed by atoms with Gasteiger partial charge in [-0.1, -0.05) is 32.9 Å². The molecule has 1 N–H and O–H groups in total. The summed E-state index contributed by atoms with van der Waals surface area (Å²) in [7, 11) is 0. The van der Waals surface area contributed by atoms with E-state index in [4.69, 9.17) is 4.74 Å². The number of amides is 1. The summed E-state index contributed by atoms with van der Waals surface area (Å²) in [4.78, 5) is 11.4. The molecule has 1 unspecified atom stereocenters. The van der Waals surface area contributed by atoms with E-state index in [0.29, 0.717) is 6.42 Å². The molecule has 3 nitrogen and oxygen atoms in total. The Bertz CT molecular complexity index is 336. The van der Waals surface area contributed by atoms with Crippen molar-refractivity contribution in [2.24, 2.45) is 0 Å². The maximum Gasteiger partial charge on any atom is 0.265 e. The van der Waals surface area contributed by atoms with Gasteiger partial charge >= 0.3 is 0 Å². The highest BCUT2D eigenvalue weighted by atomic mass is 16.5. The van der Waals surface area contributed by atoms with Crippen LogP contribution >= 0.6 is 0 Å². The lowest BCUT2D eigenvalue weighted by Gasteiger charge is -2.24. The summed E-state index contributed by atoms with van der Waals surface area (Å²) in [6, 6.07) is 7.45. The second-order valence-corrected chi connectivity index (χ2v) is 3.00. The average molecular weight is 207 g/mol. The molecule has 0 bridgehead atoms. The number of para-hydroxylation sites is 2. The highest BCUT2D eigenvalue weighted by Crippen LogP contribution is 2.29. The van der Waals surface area contributed by atoms with Crippen LogP contribution in [0.4, 0.5) is 5.69 Å². The van der Waals surface area contributed by atoms with Crippen LogP contribution in [0.25, 0.3) is 0 Å². The van der Waals surface area contributed by atoms with E-state index in [9.17, 15) is 4.79 Å². The summed E-state index contributed by atoms with van der Waals surface area (Å²) in [5.74, 6) is 0.704. The van der Waals surface area contributed by atoms with Crippen LogP contribution in [0.1, 0.15) is 27.2 Å². The van der Waals surface area contributed by atoms with E-state index >= 15 is 0 Å². The highest BCUT2D eigenvalue weighted by Gasteiger charge is 2.25. The summed E-state index contributed by atoms with van der Waals surface area (Å²) in [6.07, 6.45) is 0.357. The van der Waals surface area contributed by atoms with Crippen molar-refractivity contribution in [3.05, 3.63) is 24.3 Å². The van der Waals surface area contributed by atoms with Crippen LogP contribution in [0.3, 0.4) is 0 Å². The molecule has 0 fully saturated rings. The van der Waals surface area contributed by atoms with Gasteiger partial charge < -0.3 is 10.1 Å². The second-order valence-electron chi connectivity index (χ2n) is 3.00. The minimum atomic E-state index is -0.338. The van der Waals surface area contributed by atoms with Gasteiger partial charge in [-0.25, -0.2) is 0 Å².